The number of piperazine rings is 1. The molecule has 4 rings (SSSR count). The highest BCUT2D eigenvalue weighted by molar-refractivity contribution is 5.91. The van der Waals surface area contributed by atoms with Crippen LogP contribution in [0.5, 0.6) is 0 Å². The molecule has 1 saturated heterocycles. The molecule has 164 valence electrons. The van der Waals surface area contributed by atoms with Crippen LogP contribution >= 0.6 is 0 Å². The van der Waals surface area contributed by atoms with Crippen molar-refractivity contribution < 1.29 is 4.79 Å². The fourth-order valence-corrected chi connectivity index (χ4v) is 3.92. The van der Waals surface area contributed by atoms with E-state index in [1.54, 1.807) is 0 Å². The molecule has 3 heterocycles. The fourth-order valence-electron chi connectivity index (χ4n) is 3.92. The average Bonchev–Trinajstić information content (AvgIpc) is 3.13. The molecule has 8 nitrogen and oxygen atoms in total. The number of benzene rings is 1. The van der Waals surface area contributed by atoms with Crippen LogP contribution < -0.4 is 10.2 Å². The Labute approximate surface area is 183 Å². The van der Waals surface area contributed by atoms with Crippen LogP contribution in [0.2, 0.25) is 0 Å². The number of hydrogen-bond acceptors (Lipinski definition) is 5. The van der Waals surface area contributed by atoms with Crippen molar-refractivity contribution in [3.8, 4) is 5.69 Å². The van der Waals surface area contributed by atoms with Crippen molar-refractivity contribution in [1.29, 1.82) is 0 Å². The van der Waals surface area contributed by atoms with Crippen LogP contribution in [0.25, 0.3) is 16.7 Å². The first-order valence-corrected chi connectivity index (χ1v) is 11.1. The summed E-state index contributed by atoms with van der Waals surface area (Å²) in [6.07, 6.45) is 1.69. The van der Waals surface area contributed by atoms with Gasteiger partial charge in [-0.15, -0.1) is 0 Å². The zero-order chi connectivity index (χ0) is 22.0. The number of fused-ring (bicyclic) bond motifs is 1. The highest BCUT2D eigenvalue weighted by atomic mass is 16.2. The summed E-state index contributed by atoms with van der Waals surface area (Å²) in [4.78, 5) is 26.2. The van der Waals surface area contributed by atoms with Crippen molar-refractivity contribution in [2.24, 2.45) is 0 Å². The molecule has 1 aliphatic heterocycles. The molecular weight excluding hydrogens is 390 g/mol. The Morgan fingerprint density at radius 1 is 1.03 bits per heavy atom. The highest BCUT2D eigenvalue weighted by Gasteiger charge is 2.26. The van der Waals surface area contributed by atoms with Gasteiger partial charge in [0.2, 0.25) is 0 Å². The molecule has 0 spiro atoms. The lowest BCUT2D eigenvalue weighted by Crippen LogP contribution is -2.52. The molecule has 1 aromatic carbocycles. The Morgan fingerprint density at radius 2 is 1.74 bits per heavy atom. The summed E-state index contributed by atoms with van der Waals surface area (Å²) >= 11 is 0. The van der Waals surface area contributed by atoms with E-state index >= 15 is 0 Å². The predicted molar refractivity (Wildman–Crippen MR) is 123 cm³/mol. The van der Waals surface area contributed by atoms with Gasteiger partial charge in [-0.25, -0.2) is 19.4 Å². The number of urea groups is 1. The van der Waals surface area contributed by atoms with E-state index in [0.717, 1.165) is 60.0 Å². The highest BCUT2D eigenvalue weighted by Crippen LogP contribution is 2.29. The molecule has 0 radical (unpaired) electrons. The van der Waals surface area contributed by atoms with Crippen LogP contribution in [0.3, 0.4) is 0 Å². The summed E-state index contributed by atoms with van der Waals surface area (Å²) in [5.74, 6) is 1.73. The first kappa shape index (κ1) is 21.1. The van der Waals surface area contributed by atoms with Crippen LogP contribution in [0.15, 0.2) is 24.3 Å². The average molecular weight is 422 g/mol. The minimum Gasteiger partial charge on any atom is -0.352 e. The van der Waals surface area contributed by atoms with Crippen LogP contribution in [-0.4, -0.2) is 63.4 Å². The maximum atomic E-state index is 12.3. The van der Waals surface area contributed by atoms with Crippen LogP contribution in [0, 0.1) is 13.8 Å². The van der Waals surface area contributed by atoms with Gasteiger partial charge in [0.05, 0.1) is 16.8 Å². The molecule has 0 unspecified atom stereocenters. The number of anilines is 1. The van der Waals surface area contributed by atoms with E-state index in [2.05, 4.69) is 55.3 Å². The number of carbonyl (C=O) groups is 1. The number of rotatable bonds is 5. The summed E-state index contributed by atoms with van der Waals surface area (Å²) in [5.41, 5.74) is 3.96. The lowest BCUT2D eigenvalue weighted by molar-refractivity contribution is 0.194. The number of amides is 2. The van der Waals surface area contributed by atoms with Crippen molar-refractivity contribution in [3.05, 3.63) is 41.3 Å². The van der Waals surface area contributed by atoms with Gasteiger partial charge in [0.25, 0.3) is 0 Å². The zero-order valence-electron chi connectivity index (χ0n) is 18.9. The van der Waals surface area contributed by atoms with E-state index in [1.165, 1.54) is 5.56 Å². The zero-order valence-corrected chi connectivity index (χ0v) is 18.9. The first-order chi connectivity index (χ1) is 15.0. The van der Waals surface area contributed by atoms with E-state index < -0.39 is 0 Å². The van der Waals surface area contributed by atoms with Gasteiger partial charge in [0.1, 0.15) is 11.6 Å². The molecular formula is C23H31N7O. The Morgan fingerprint density at radius 3 is 2.39 bits per heavy atom. The second-order valence-electron chi connectivity index (χ2n) is 8.05. The molecule has 3 aromatic rings. The van der Waals surface area contributed by atoms with Crippen LogP contribution in [0.1, 0.15) is 37.4 Å². The van der Waals surface area contributed by atoms with Gasteiger partial charge in [0.15, 0.2) is 5.65 Å². The Kier molecular flexibility index (Phi) is 6.06. The Bertz CT molecular complexity index is 1070. The molecule has 0 atom stereocenters. The molecule has 2 aromatic heterocycles. The SMILES string of the molecule is CCCNC(=O)N1CCN(c2nc(CC)nc3c2c(C)nn3-c2ccc(C)cc2)CC1. The van der Waals surface area contributed by atoms with Gasteiger partial charge in [-0.2, -0.15) is 5.10 Å². The monoisotopic (exact) mass is 421 g/mol. The third kappa shape index (κ3) is 4.19. The van der Waals surface area contributed by atoms with Gasteiger partial charge < -0.3 is 15.1 Å². The molecule has 1 fully saturated rings. The van der Waals surface area contributed by atoms with E-state index in [9.17, 15) is 4.79 Å². The molecule has 0 saturated carbocycles. The Hall–Kier alpha value is -3.16. The minimum absolute atomic E-state index is 0.0203. The number of nitrogens with one attached hydrogen (secondary N) is 1. The van der Waals surface area contributed by atoms with Crippen LogP contribution in [0.4, 0.5) is 10.6 Å². The van der Waals surface area contributed by atoms with E-state index in [1.807, 2.05) is 16.5 Å². The lowest BCUT2D eigenvalue weighted by Gasteiger charge is -2.35. The van der Waals surface area contributed by atoms with Crippen LogP contribution in [-0.2, 0) is 6.42 Å². The summed E-state index contributed by atoms with van der Waals surface area (Å²) in [6, 6.07) is 8.34. The summed E-state index contributed by atoms with van der Waals surface area (Å²) in [5, 5.41) is 8.77. The lowest BCUT2D eigenvalue weighted by atomic mass is 10.2. The van der Waals surface area contributed by atoms with E-state index in [0.29, 0.717) is 19.6 Å². The third-order valence-corrected chi connectivity index (χ3v) is 5.72. The number of hydrogen-bond donors (Lipinski definition) is 1. The summed E-state index contributed by atoms with van der Waals surface area (Å²) < 4.78 is 1.92. The van der Waals surface area contributed by atoms with Gasteiger partial charge in [0, 0.05) is 39.1 Å². The second-order valence-corrected chi connectivity index (χ2v) is 8.05. The maximum Gasteiger partial charge on any atom is 0.317 e. The van der Waals surface area contributed by atoms with Crippen molar-refractivity contribution in [2.75, 3.05) is 37.6 Å². The molecule has 0 bridgehead atoms. The smallest absolute Gasteiger partial charge is 0.317 e. The number of nitrogens with zero attached hydrogens (tertiary/aromatic N) is 6. The standard InChI is InChI=1S/C23H31N7O/c1-5-11-24-23(31)29-14-12-28(13-15-29)21-20-17(4)27-30(18-9-7-16(3)8-10-18)22(20)26-19(6-2)25-21/h7-10H,5-6,11-15H2,1-4H3,(H,24,31). The van der Waals surface area contributed by atoms with E-state index in [-0.39, 0.29) is 6.03 Å². The quantitative estimate of drug-likeness (QED) is 0.684. The summed E-state index contributed by atoms with van der Waals surface area (Å²) in [6.45, 7) is 11.8. The summed E-state index contributed by atoms with van der Waals surface area (Å²) in [7, 11) is 0. The minimum atomic E-state index is 0.0203. The van der Waals surface area contributed by atoms with E-state index in [4.69, 9.17) is 15.1 Å². The van der Waals surface area contributed by atoms with Gasteiger partial charge in [-0.05, 0) is 32.4 Å². The van der Waals surface area contributed by atoms with Crippen molar-refractivity contribution in [1.82, 2.24) is 30.0 Å². The van der Waals surface area contributed by atoms with Crippen molar-refractivity contribution in [3.63, 3.8) is 0 Å². The van der Waals surface area contributed by atoms with Gasteiger partial charge in [-0.1, -0.05) is 31.5 Å². The van der Waals surface area contributed by atoms with Crippen molar-refractivity contribution >= 4 is 22.9 Å². The predicted octanol–water partition coefficient (Wildman–Crippen LogP) is 3.24. The molecule has 8 heteroatoms. The Balaban J connectivity index is 1.67. The first-order valence-electron chi connectivity index (χ1n) is 11.1. The largest absolute Gasteiger partial charge is 0.352 e. The maximum absolute atomic E-state index is 12.3. The number of aryl methyl sites for hydroxylation is 3. The van der Waals surface area contributed by atoms with Gasteiger partial charge in [-0.3, -0.25) is 0 Å². The van der Waals surface area contributed by atoms with Crippen molar-refractivity contribution in [2.45, 2.75) is 40.5 Å². The molecule has 1 aliphatic rings. The normalized spacial score (nSPS) is 14.3. The molecule has 31 heavy (non-hydrogen) atoms. The molecule has 2 amide bonds. The topological polar surface area (TPSA) is 79.2 Å². The molecule has 1 N–H and O–H groups in total. The third-order valence-electron chi connectivity index (χ3n) is 5.72. The number of aromatic nitrogens is 4. The molecule has 0 aliphatic carbocycles. The number of carbonyl (C=O) groups excluding carboxylic acids is 1. The fraction of sp³-hybridized carbons (Fsp3) is 0.478. The second kappa shape index (κ2) is 8.91. The van der Waals surface area contributed by atoms with Gasteiger partial charge >= 0.3 is 6.03 Å².